The zero-order valence-electron chi connectivity index (χ0n) is 12.0. The molecule has 0 aliphatic rings. The van der Waals surface area contributed by atoms with Gasteiger partial charge in [-0.1, -0.05) is 29.8 Å². The molecule has 23 heavy (non-hydrogen) atoms. The zero-order valence-corrected chi connectivity index (χ0v) is 12.7. The molecule has 0 spiro atoms. The van der Waals surface area contributed by atoms with Crippen LogP contribution in [0.3, 0.4) is 0 Å². The van der Waals surface area contributed by atoms with Gasteiger partial charge in [0.1, 0.15) is 5.75 Å². The smallest absolute Gasteiger partial charge is 0.335 e. The predicted octanol–water partition coefficient (Wildman–Crippen LogP) is 4.06. The molecule has 0 radical (unpaired) electrons. The number of halogens is 1. The predicted molar refractivity (Wildman–Crippen MR) is 88.9 cm³/mol. The van der Waals surface area contributed by atoms with E-state index in [0.717, 1.165) is 16.3 Å². The topological polar surface area (TPSA) is 77.8 Å². The Morgan fingerprint density at radius 2 is 1.83 bits per heavy atom. The fourth-order valence-corrected chi connectivity index (χ4v) is 2.82. The van der Waals surface area contributed by atoms with Crippen LogP contribution in [0.4, 0.5) is 0 Å². The number of rotatable bonds is 3. The van der Waals surface area contributed by atoms with E-state index in [4.69, 9.17) is 16.7 Å². The van der Waals surface area contributed by atoms with Crippen molar-refractivity contribution < 1.29 is 20.1 Å². The molecule has 5 heteroatoms. The molecular formula is C18H13ClO4. The molecule has 4 nitrogen and oxygen atoms in total. The van der Waals surface area contributed by atoms with Crippen LogP contribution in [0.25, 0.3) is 21.9 Å². The van der Waals surface area contributed by atoms with E-state index in [1.165, 1.54) is 18.2 Å². The van der Waals surface area contributed by atoms with E-state index in [9.17, 15) is 15.0 Å². The third-order valence-corrected chi connectivity index (χ3v) is 4.12. The normalized spacial score (nSPS) is 10.9. The Bertz CT molecular complexity index is 918. The van der Waals surface area contributed by atoms with E-state index >= 15 is 0 Å². The Balaban J connectivity index is 2.20. The molecule has 0 amide bonds. The van der Waals surface area contributed by atoms with Crippen LogP contribution < -0.4 is 0 Å². The van der Waals surface area contributed by atoms with Crippen molar-refractivity contribution in [1.82, 2.24) is 0 Å². The highest BCUT2D eigenvalue weighted by atomic mass is 35.5. The number of hydrogen-bond donors (Lipinski definition) is 3. The minimum atomic E-state index is -1.02. The summed E-state index contributed by atoms with van der Waals surface area (Å²) >= 11 is 6.20. The maximum atomic E-state index is 11.1. The molecule has 0 fully saturated rings. The van der Waals surface area contributed by atoms with Gasteiger partial charge in [0, 0.05) is 16.1 Å². The van der Waals surface area contributed by atoms with Crippen LogP contribution in [0.5, 0.6) is 5.75 Å². The summed E-state index contributed by atoms with van der Waals surface area (Å²) in [6.45, 7) is -0.266. The van der Waals surface area contributed by atoms with E-state index in [1.807, 2.05) is 6.07 Å². The molecule has 0 heterocycles. The molecule has 0 bridgehead atoms. The molecular weight excluding hydrogens is 316 g/mol. The Labute approximate surface area is 137 Å². The number of carboxylic acids is 1. The fraction of sp³-hybridized carbons (Fsp3) is 0.0556. The third-order valence-electron chi connectivity index (χ3n) is 3.79. The molecule has 3 aromatic carbocycles. The number of benzene rings is 3. The summed E-state index contributed by atoms with van der Waals surface area (Å²) in [7, 11) is 0. The first-order chi connectivity index (χ1) is 11.0. The summed E-state index contributed by atoms with van der Waals surface area (Å²) in [6, 6.07) is 13.2. The van der Waals surface area contributed by atoms with E-state index in [1.54, 1.807) is 24.3 Å². The van der Waals surface area contributed by atoms with Gasteiger partial charge in [0.15, 0.2) is 0 Å². The standard InChI is InChI=1S/C18H13ClO4/c19-16-5-2-12(18(22)23)8-14(16)11-1-4-13-10(7-11)3-6-17(21)15(13)9-20/h1-8,20-21H,9H2,(H,22,23). The van der Waals surface area contributed by atoms with Crippen LogP contribution in [0.15, 0.2) is 48.5 Å². The van der Waals surface area contributed by atoms with Crippen LogP contribution in [0.1, 0.15) is 15.9 Å². The average molecular weight is 329 g/mol. The van der Waals surface area contributed by atoms with Crippen molar-refractivity contribution in [3.05, 3.63) is 64.7 Å². The summed E-state index contributed by atoms with van der Waals surface area (Å²) in [6.07, 6.45) is 0. The maximum Gasteiger partial charge on any atom is 0.335 e. The molecule has 0 saturated carbocycles. The van der Waals surface area contributed by atoms with Gasteiger partial charge in [-0.25, -0.2) is 4.79 Å². The van der Waals surface area contributed by atoms with E-state index in [0.29, 0.717) is 16.1 Å². The van der Waals surface area contributed by atoms with Crippen LogP contribution >= 0.6 is 11.6 Å². The first-order valence-electron chi connectivity index (χ1n) is 6.90. The van der Waals surface area contributed by atoms with Gasteiger partial charge in [0.05, 0.1) is 12.2 Å². The second-order valence-electron chi connectivity index (χ2n) is 5.16. The highest BCUT2D eigenvalue weighted by Gasteiger charge is 2.11. The Morgan fingerprint density at radius 3 is 2.52 bits per heavy atom. The lowest BCUT2D eigenvalue weighted by Crippen LogP contribution is -1.96. The molecule has 0 unspecified atom stereocenters. The van der Waals surface area contributed by atoms with Crippen molar-refractivity contribution in [2.45, 2.75) is 6.61 Å². The molecule has 0 atom stereocenters. The average Bonchev–Trinajstić information content (AvgIpc) is 2.54. The quantitative estimate of drug-likeness (QED) is 0.677. The fourth-order valence-electron chi connectivity index (χ4n) is 2.60. The van der Waals surface area contributed by atoms with E-state index in [2.05, 4.69) is 0 Å². The monoisotopic (exact) mass is 328 g/mol. The van der Waals surface area contributed by atoms with Gasteiger partial charge in [-0.3, -0.25) is 0 Å². The highest BCUT2D eigenvalue weighted by Crippen LogP contribution is 2.34. The van der Waals surface area contributed by atoms with Gasteiger partial charge in [-0.15, -0.1) is 0 Å². The third kappa shape index (κ3) is 2.74. The number of aromatic hydroxyl groups is 1. The lowest BCUT2D eigenvalue weighted by atomic mass is 9.97. The minimum Gasteiger partial charge on any atom is -0.508 e. The number of phenols is 1. The van der Waals surface area contributed by atoms with Crippen LogP contribution in [-0.4, -0.2) is 21.3 Å². The SMILES string of the molecule is O=C(O)c1ccc(Cl)c(-c2ccc3c(CO)c(O)ccc3c2)c1. The van der Waals surface area contributed by atoms with Crippen molar-refractivity contribution in [1.29, 1.82) is 0 Å². The summed E-state index contributed by atoms with van der Waals surface area (Å²) in [5.74, 6) is -0.977. The minimum absolute atomic E-state index is 0.0404. The second kappa shape index (κ2) is 5.91. The van der Waals surface area contributed by atoms with Gasteiger partial charge < -0.3 is 15.3 Å². The zero-order chi connectivity index (χ0) is 16.6. The lowest BCUT2D eigenvalue weighted by molar-refractivity contribution is 0.0697. The summed E-state index contributed by atoms with van der Waals surface area (Å²) in [5.41, 5.74) is 2.00. The molecule has 0 aromatic heterocycles. The van der Waals surface area contributed by atoms with Crippen LogP contribution in [0.2, 0.25) is 5.02 Å². The lowest BCUT2D eigenvalue weighted by Gasteiger charge is -2.10. The number of hydrogen-bond acceptors (Lipinski definition) is 3. The maximum absolute atomic E-state index is 11.1. The van der Waals surface area contributed by atoms with Crippen molar-refractivity contribution >= 4 is 28.3 Å². The Morgan fingerprint density at radius 1 is 1.04 bits per heavy atom. The van der Waals surface area contributed by atoms with Gasteiger partial charge in [-0.2, -0.15) is 0 Å². The van der Waals surface area contributed by atoms with Gasteiger partial charge in [-0.05, 0) is 46.7 Å². The van der Waals surface area contributed by atoms with Crippen molar-refractivity contribution in [3.63, 3.8) is 0 Å². The number of aromatic carboxylic acids is 1. The second-order valence-corrected chi connectivity index (χ2v) is 5.56. The molecule has 0 aliphatic carbocycles. The van der Waals surface area contributed by atoms with Crippen LogP contribution in [0, 0.1) is 0 Å². The largest absolute Gasteiger partial charge is 0.508 e. The first kappa shape index (κ1) is 15.3. The number of aliphatic hydroxyl groups is 1. The van der Waals surface area contributed by atoms with Gasteiger partial charge in [0.2, 0.25) is 0 Å². The summed E-state index contributed by atoms with van der Waals surface area (Å²) < 4.78 is 0. The van der Waals surface area contributed by atoms with Crippen molar-refractivity contribution in [2.24, 2.45) is 0 Å². The van der Waals surface area contributed by atoms with E-state index < -0.39 is 5.97 Å². The van der Waals surface area contributed by atoms with Gasteiger partial charge in [0.25, 0.3) is 0 Å². The highest BCUT2D eigenvalue weighted by molar-refractivity contribution is 6.33. The summed E-state index contributed by atoms with van der Waals surface area (Å²) in [4.78, 5) is 11.1. The molecule has 0 saturated heterocycles. The van der Waals surface area contributed by atoms with Crippen molar-refractivity contribution in [3.8, 4) is 16.9 Å². The summed E-state index contributed by atoms with van der Waals surface area (Å²) in [5, 5.41) is 30.3. The van der Waals surface area contributed by atoms with Crippen LogP contribution in [-0.2, 0) is 6.61 Å². The Hall–Kier alpha value is -2.56. The molecule has 0 aliphatic heterocycles. The number of fused-ring (bicyclic) bond motifs is 1. The van der Waals surface area contributed by atoms with E-state index in [-0.39, 0.29) is 17.9 Å². The number of carboxylic acid groups (broad SMARTS) is 1. The first-order valence-corrected chi connectivity index (χ1v) is 7.27. The number of aliphatic hydroxyl groups excluding tert-OH is 1. The van der Waals surface area contributed by atoms with Crippen molar-refractivity contribution in [2.75, 3.05) is 0 Å². The number of carbonyl (C=O) groups is 1. The Kier molecular flexibility index (Phi) is 3.94. The molecule has 3 rings (SSSR count). The van der Waals surface area contributed by atoms with Gasteiger partial charge >= 0.3 is 5.97 Å². The molecule has 3 aromatic rings. The molecule has 116 valence electrons. The molecule has 3 N–H and O–H groups in total.